The number of carbonyl (C=O) groups is 1. The summed E-state index contributed by atoms with van der Waals surface area (Å²) in [4.78, 5) is 22.7. The molecule has 0 atom stereocenters. The summed E-state index contributed by atoms with van der Waals surface area (Å²) < 4.78 is 0. The monoisotopic (exact) mass is 347 g/mol. The van der Waals surface area contributed by atoms with Crippen molar-refractivity contribution in [1.82, 2.24) is 14.8 Å². The summed E-state index contributed by atoms with van der Waals surface area (Å²) in [5.74, 6) is 0.152. The maximum atomic E-state index is 12.7. The minimum atomic E-state index is 0.152. The second kappa shape index (κ2) is 7.47. The third-order valence-corrected chi connectivity index (χ3v) is 5.77. The zero-order valence-corrected chi connectivity index (χ0v) is 15.1. The van der Waals surface area contributed by atoms with E-state index in [1.165, 1.54) is 0 Å². The molecule has 122 valence electrons. The topological polar surface area (TPSA) is 36.4 Å². The Hall–Kier alpha value is -1.37. The summed E-state index contributed by atoms with van der Waals surface area (Å²) in [5.41, 5.74) is 1.91. The summed E-state index contributed by atoms with van der Waals surface area (Å²) >= 11 is 3.34. The van der Waals surface area contributed by atoms with Crippen LogP contribution < -0.4 is 0 Å². The van der Waals surface area contributed by atoms with E-state index in [0.29, 0.717) is 0 Å². The first-order valence-electron chi connectivity index (χ1n) is 7.73. The Bertz CT molecular complexity index is 678. The summed E-state index contributed by atoms with van der Waals surface area (Å²) in [5, 5.41) is 3.25. The molecule has 1 aliphatic heterocycles. The number of nitrogens with zero attached hydrogens (tertiary/aromatic N) is 3. The highest BCUT2D eigenvalue weighted by molar-refractivity contribution is 7.98. The summed E-state index contributed by atoms with van der Waals surface area (Å²) in [6.07, 6.45) is 2.01. The molecule has 1 aromatic carbocycles. The normalized spacial score (nSPS) is 15.8. The van der Waals surface area contributed by atoms with Crippen LogP contribution in [0.3, 0.4) is 0 Å². The van der Waals surface area contributed by atoms with Crippen LogP contribution in [0.1, 0.15) is 21.1 Å². The van der Waals surface area contributed by atoms with E-state index >= 15 is 0 Å². The third kappa shape index (κ3) is 3.94. The number of benzene rings is 1. The molecule has 0 unspecified atom stereocenters. The molecule has 1 amide bonds. The molecule has 0 spiro atoms. The fourth-order valence-corrected chi connectivity index (χ4v) is 4.17. The van der Waals surface area contributed by atoms with Gasteiger partial charge in [0, 0.05) is 42.1 Å². The minimum absolute atomic E-state index is 0.152. The first-order valence-corrected chi connectivity index (χ1v) is 9.83. The van der Waals surface area contributed by atoms with E-state index in [0.717, 1.165) is 53.9 Å². The number of hydrogen-bond donors (Lipinski definition) is 0. The number of aromatic nitrogens is 1. The smallest absolute Gasteiger partial charge is 0.255 e. The molecule has 1 aliphatic rings. The van der Waals surface area contributed by atoms with Gasteiger partial charge in [0.1, 0.15) is 5.01 Å². The number of piperazine rings is 1. The van der Waals surface area contributed by atoms with Crippen LogP contribution in [0.4, 0.5) is 0 Å². The molecule has 1 fully saturated rings. The lowest BCUT2D eigenvalue weighted by molar-refractivity contribution is 0.0625. The van der Waals surface area contributed by atoms with E-state index in [4.69, 9.17) is 0 Å². The highest BCUT2D eigenvalue weighted by Gasteiger charge is 2.23. The summed E-state index contributed by atoms with van der Waals surface area (Å²) in [7, 11) is 0. The Morgan fingerprint density at radius 3 is 2.65 bits per heavy atom. The minimum Gasteiger partial charge on any atom is -0.336 e. The van der Waals surface area contributed by atoms with Crippen molar-refractivity contribution in [3.8, 4) is 0 Å². The van der Waals surface area contributed by atoms with E-state index in [9.17, 15) is 4.79 Å². The number of aryl methyl sites for hydroxylation is 1. The number of thioether (sulfide) groups is 1. The van der Waals surface area contributed by atoms with Crippen LogP contribution in [-0.4, -0.2) is 53.1 Å². The largest absolute Gasteiger partial charge is 0.336 e. The quantitative estimate of drug-likeness (QED) is 0.796. The van der Waals surface area contributed by atoms with Gasteiger partial charge in [-0.3, -0.25) is 9.69 Å². The predicted molar refractivity (Wildman–Crippen MR) is 96.3 cm³/mol. The highest BCUT2D eigenvalue weighted by atomic mass is 32.2. The standard InChI is InChI=1S/C17H21N3OS2/c1-13-12-23-16(18-13)11-19-7-9-20(10-8-19)17(21)14-5-3-4-6-15(14)22-2/h3-6,12H,7-11H2,1-2H3. The molecular formula is C17H21N3OS2. The van der Waals surface area contributed by atoms with Gasteiger partial charge in [0.15, 0.2) is 0 Å². The first-order chi connectivity index (χ1) is 11.2. The van der Waals surface area contributed by atoms with E-state index in [1.807, 2.05) is 42.3 Å². The molecular weight excluding hydrogens is 326 g/mol. The van der Waals surface area contributed by atoms with Crippen molar-refractivity contribution >= 4 is 29.0 Å². The number of hydrogen-bond acceptors (Lipinski definition) is 5. The molecule has 1 aromatic heterocycles. The van der Waals surface area contributed by atoms with Crippen LogP contribution in [-0.2, 0) is 6.54 Å². The van der Waals surface area contributed by atoms with Gasteiger partial charge in [-0.25, -0.2) is 4.98 Å². The molecule has 0 saturated carbocycles. The van der Waals surface area contributed by atoms with Crippen LogP contribution in [0, 0.1) is 6.92 Å². The van der Waals surface area contributed by atoms with Crippen molar-refractivity contribution in [3.63, 3.8) is 0 Å². The number of rotatable bonds is 4. The highest BCUT2D eigenvalue weighted by Crippen LogP contribution is 2.22. The lowest BCUT2D eigenvalue weighted by Crippen LogP contribution is -2.48. The number of amides is 1. The zero-order valence-electron chi connectivity index (χ0n) is 13.5. The van der Waals surface area contributed by atoms with Gasteiger partial charge in [-0.1, -0.05) is 12.1 Å². The van der Waals surface area contributed by atoms with Gasteiger partial charge in [-0.05, 0) is 25.3 Å². The third-order valence-electron chi connectivity index (χ3n) is 4.02. The fraction of sp³-hybridized carbons (Fsp3) is 0.412. The molecule has 23 heavy (non-hydrogen) atoms. The van der Waals surface area contributed by atoms with Crippen LogP contribution in [0.25, 0.3) is 0 Å². The Balaban J connectivity index is 1.59. The van der Waals surface area contributed by atoms with Gasteiger partial charge in [0.05, 0.1) is 12.1 Å². The van der Waals surface area contributed by atoms with E-state index < -0.39 is 0 Å². The van der Waals surface area contributed by atoms with Crippen LogP contribution in [0.5, 0.6) is 0 Å². The average Bonchev–Trinajstić information content (AvgIpc) is 3.00. The van der Waals surface area contributed by atoms with Gasteiger partial charge in [0.2, 0.25) is 0 Å². The average molecular weight is 348 g/mol. The van der Waals surface area contributed by atoms with Crippen LogP contribution in [0.15, 0.2) is 34.5 Å². The van der Waals surface area contributed by atoms with Gasteiger partial charge in [-0.2, -0.15) is 0 Å². The van der Waals surface area contributed by atoms with Crippen molar-refractivity contribution in [2.45, 2.75) is 18.4 Å². The van der Waals surface area contributed by atoms with E-state index in [1.54, 1.807) is 23.1 Å². The van der Waals surface area contributed by atoms with Gasteiger partial charge in [0.25, 0.3) is 5.91 Å². The molecule has 6 heteroatoms. The molecule has 2 heterocycles. The number of thiazole rings is 1. The Kier molecular flexibility index (Phi) is 5.35. The molecule has 1 saturated heterocycles. The van der Waals surface area contributed by atoms with Gasteiger partial charge >= 0.3 is 0 Å². The molecule has 0 radical (unpaired) electrons. The molecule has 4 nitrogen and oxygen atoms in total. The van der Waals surface area contributed by atoms with Gasteiger partial charge < -0.3 is 4.90 Å². The van der Waals surface area contributed by atoms with Crippen molar-refractivity contribution in [2.24, 2.45) is 0 Å². The number of carbonyl (C=O) groups excluding carboxylic acids is 1. The molecule has 3 rings (SSSR count). The SMILES string of the molecule is CSc1ccccc1C(=O)N1CCN(Cc2nc(C)cs2)CC1. The van der Waals surface area contributed by atoms with E-state index in [-0.39, 0.29) is 5.91 Å². The summed E-state index contributed by atoms with van der Waals surface area (Å²) in [6, 6.07) is 7.86. The second-order valence-electron chi connectivity index (χ2n) is 5.65. The fourth-order valence-electron chi connectivity index (χ4n) is 2.77. The van der Waals surface area contributed by atoms with Crippen LogP contribution in [0.2, 0.25) is 0 Å². The van der Waals surface area contributed by atoms with Crippen molar-refractivity contribution in [2.75, 3.05) is 32.4 Å². The van der Waals surface area contributed by atoms with Crippen molar-refractivity contribution in [3.05, 3.63) is 45.9 Å². The molecule has 0 aliphatic carbocycles. The van der Waals surface area contributed by atoms with Gasteiger partial charge in [-0.15, -0.1) is 23.1 Å². The molecule has 0 N–H and O–H groups in total. The Morgan fingerprint density at radius 2 is 2.00 bits per heavy atom. The van der Waals surface area contributed by atoms with Crippen molar-refractivity contribution < 1.29 is 4.79 Å². The molecule has 2 aromatic rings. The zero-order chi connectivity index (χ0) is 16.2. The Morgan fingerprint density at radius 1 is 1.26 bits per heavy atom. The lowest BCUT2D eigenvalue weighted by Gasteiger charge is -2.34. The second-order valence-corrected chi connectivity index (χ2v) is 7.44. The summed E-state index contributed by atoms with van der Waals surface area (Å²) in [6.45, 7) is 6.30. The Labute approximate surface area is 145 Å². The maximum absolute atomic E-state index is 12.7. The first kappa shape index (κ1) is 16.5. The van der Waals surface area contributed by atoms with Crippen LogP contribution >= 0.6 is 23.1 Å². The predicted octanol–water partition coefficient (Wildman–Crippen LogP) is 3.13. The van der Waals surface area contributed by atoms with E-state index in [2.05, 4.69) is 15.3 Å². The lowest BCUT2D eigenvalue weighted by atomic mass is 10.2. The maximum Gasteiger partial charge on any atom is 0.255 e. The van der Waals surface area contributed by atoms with Crippen molar-refractivity contribution in [1.29, 1.82) is 0 Å². The molecule has 0 bridgehead atoms.